The van der Waals surface area contributed by atoms with Gasteiger partial charge in [-0.25, -0.2) is 4.39 Å². The van der Waals surface area contributed by atoms with E-state index in [9.17, 15) is 4.39 Å². The standard InChI is InChI=1S/C29H51FO7/c1-2-3-4-5-6-7-8-9-28-10-12-29(13-11-28)37-27-26-36-25-24-35-23-22-34-21-20-33-19-18-32-17-16-31-15-14-30/h10-13H,2-9,14-27H2,1H3. The number of alkyl halides is 1. The molecule has 8 heteroatoms. The number of benzene rings is 1. The van der Waals surface area contributed by atoms with Crippen molar-refractivity contribution in [3.63, 3.8) is 0 Å². The number of hydrogen-bond donors (Lipinski definition) is 0. The van der Waals surface area contributed by atoms with Gasteiger partial charge in [-0.3, -0.25) is 0 Å². The van der Waals surface area contributed by atoms with E-state index in [0.29, 0.717) is 79.3 Å². The lowest BCUT2D eigenvalue weighted by Crippen LogP contribution is -2.15. The fourth-order valence-corrected chi connectivity index (χ4v) is 3.51. The Bertz CT molecular complexity index is 574. The summed E-state index contributed by atoms with van der Waals surface area (Å²) in [4.78, 5) is 0. The number of ether oxygens (including phenoxy) is 7. The number of rotatable bonds is 29. The predicted octanol–water partition coefficient (Wildman–Crippen LogP) is 5.43. The molecule has 0 fully saturated rings. The summed E-state index contributed by atoms with van der Waals surface area (Å²) in [6.45, 7) is 7.92. The first-order chi connectivity index (χ1) is 18.4. The zero-order valence-electron chi connectivity index (χ0n) is 23.1. The Balaban J connectivity index is 1.79. The topological polar surface area (TPSA) is 64.6 Å². The Morgan fingerprint density at radius 2 is 0.892 bits per heavy atom. The zero-order valence-corrected chi connectivity index (χ0v) is 23.1. The van der Waals surface area contributed by atoms with Gasteiger partial charge in [-0.1, -0.05) is 57.6 Å². The molecule has 37 heavy (non-hydrogen) atoms. The summed E-state index contributed by atoms with van der Waals surface area (Å²) >= 11 is 0. The van der Waals surface area contributed by atoms with Gasteiger partial charge in [-0.15, -0.1) is 0 Å². The fourth-order valence-electron chi connectivity index (χ4n) is 3.51. The van der Waals surface area contributed by atoms with Crippen molar-refractivity contribution in [3.05, 3.63) is 29.8 Å². The summed E-state index contributed by atoms with van der Waals surface area (Å²) in [5, 5.41) is 0. The Hall–Kier alpha value is -1.29. The van der Waals surface area contributed by atoms with Crippen molar-refractivity contribution in [2.75, 3.05) is 92.6 Å². The molecule has 0 aliphatic rings. The lowest BCUT2D eigenvalue weighted by Gasteiger charge is -2.09. The van der Waals surface area contributed by atoms with Gasteiger partial charge in [0, 0.05) is 0 Å². The van der Waals surface area contributed by atoms with Crippen molar-refractivity contribution in [1.82, 2.24) is 0 Å². The van der Waals surface area contributed by atoms with Crippen LogP contribution in [0.3, 0.4) is 0 Å². The highest BCUT2D eigenvalue weighted by Crippen LogP contribution is 2.15. The Kier molecular flexibility index (Phi) is 25.3. The van der Waals surface area contributed by atoms with Crippen molar-refractivity contribution < 1.29 is 37.5 Å². The first-order valence-corrected chi connectivity index (χ1v) is 14.1. The maximum absolute atomic E-state index is 11.8. The maximum atomic E-state index is 11.8. The summed E-state index contributed by atoms with van der Waals surface area (Å²) in [5.41, 5.74) is 1.38. The number of halogens is 1. The van der Waals surface area contributed by atoms with E-state index in [1.807, 2.05) is 12.1 Å². The molecular weight excluding hydrogens is 479 g/mol. The smallest absolute Gasteiger partial charge is 0.119 e. The number of hydrogen-bond acceptors (Lipinski definition) is 7. The number of unbranched alkanes of at least 4 members (excludes halogenated alkanes) is 6. The van der Waals surface area contributed by atoms with Crippen LogP contribution in [0.5, 0.6) is 5.75 Å². The Morgan fingerprint density at radius 1 is 0.486 bits per heavy atom. The van der Waals surface area contributed by atoms with E-state index in [-0.39, 0.29) is 6.61 Å². The SMILES string of the molecule is CCCCCCCCCc1ccc(OCCOCCOCCOCCOCCOCCOCCF)cc1. The average molecular weight is 531 g/mol. The molecule has 216 valence electrons. The third-order valence-electron chi connectivity index (χ3n) is 5.57. The summed E-state index contributed by atoms with van der Waals surface area (Å²) in [6, 6.07) is 8.43. The van der Waals surface area contributed by atoms with Crippen LogP contribution in [0.15, 0.2) is 24.3 Å². The van der Waals surface area contributed by atoms with Crippen LogP contribution in [0.4, 0.5) is 4.39 Å². The quantitative estimate of drug-likeness (QED) is 0.128. The molecule has 0 bridgehead atoms. The van der Waals surface area contributed by atoms with E-state index in [1.165, 1.54) is 50.5 Å². The van der Waals surface area contributed by atoms with Crippen molar-refractivity contribution in [2.45, 2.75) is 58.3 Å². The van der Waals surface area contributed by atoms with Gasteiger partial charge in [0.15, 0.2) is 0 Å². The first-order valence-electron chi connectivity index (χ1n) is 14.1. The van der Waals surface area contributed by atoms with Crippen LogP contribution in [-0.4, -0.2) is 92.6 Å². The van der Waals surface area contributed by atoms with Crippen molar-refractivity contribution in [3.8, 4) is 5.75 Å². The average Bonchev–Trinajstić information content (AvgIpc) is 2.92. The third-order valence-corrected chi connectivity index (χ3v) is 5.57. The second-order valence-electron chi connectivity index (χ2n) is 8.73. The summed E-state index contributed by atoms with van der Waals surface area (Å²) in [6.07, 6.45) is 10.5. The fraction of sp³-hybridized carbons (Fsp3) is 0.793. The molecule has 0 saturated heterocycles. The lowest BCUT2D eigenvalue weighted by atomic mass is 10.0. The highest BCUT2D eigenvalue weighted by Gasteiger charge is 1.98. The predicted molar refractivity (Wildman–Crippen MR) is 145 cm³/mol. The van der Waals surface area contributed by atoms with Crippen LogP contribution in [0.2, 0.25) is 0 Å². The summed E-state index contributed by atoms with van der Waals surface area (Å²) in [5.74, 6) is 0.886. The van der Waals surface area contributed by atoms with Crippen LogP contribution in [0.1, 0.15) is 57.4 Å². The Morgan fingerprint density at radius 3 is 1.35 bits per heavy atom. The van der Waals surface area contributed by atoms with E-state index >= 15 is 0 Å². The van der Waals surface area contributed by atoms with E-state index in [2.05, 4.69) is 19.1 Å². The molecule has 0 saturated carbocycles. The van der Waals surface area contributed by atoms with Gasteiger partial charge in [-0.2, -0.15) is 0 Å². The second kappa shape index (κ2) is 27.7. The number of aryl methyl sites for hydroxylation is 1. The molecule has 0 unspecified atom stereocenters. The van der Waals surface area contributed by atoms with Gasteiger partial charge in [0.05, 0.1) is 79.3 Å². The Labute approximate surface area is 224 Å². The first kappa shape index (κ1) is 33.7. The minimum Gasteiger partial charge on any atom is -0.491 e. The van der Waals surface area contributed by atoms with E-state index < -0.39 is 6.67 Å². The molecule has 7 nitrogen and oxygen atoms in total. The van der Waals surface area contributed by atoms with Crippen LogP contribution >= 0.6 is 0 Å². The van der Waals surface area contributed by atoms with E-state index in [1.54, 1.807) is 0 Å². The van der Waals surface area contributed by atoms with Gasteiger partial charge < -0.3 is 33.2 Å². The van der Waals surface area contributed by atoms with Crippen LogP contribution < -0.4 is 4.74 Å². The molecule has 0 atom stereocenters. The van der Waals surface area contributed by atoms with Gasteiger partial charge in [0.1, 0.15) is 19.0 Å². The second-order valence-corrected chi connectivity index (χ2v) is 8.73. The van der Waals surface area contributed by atoms with Gasteiger partial charge in [0.2, 0.25) is 0 Å². The molecule has 0 spiro atoms. The molecular formula is C29H51FO7. The highest BCUT2D eigenvalue weighted by atomic mass is 19.1. The molecule has 1 aromatic rings. The monoisotopic (exact) mass is 530 g/mol. The third kappa shape index (κ3) is 23.6. The van der Waals surface area contributed by atoms with Gasteiger partial charge in [-0.05, 0) is 30.5 Å². The zero-order chi connectivity index (χ0) is 26.5. The van der Waals surface area contributed by atoms with Crippen LogP contribution in [-0.2, 0) is 34.8 Å². The van der Waals surface area contributed by atoms with Crippen molar-refractivity contribution in [2.24, 2.45) is 0 Å². The molecule has 0 heterocycles. The summed E-state index contributed by atoms with van der Waals surface area (Å²) in [7, 11) is 0. The lowest BCUT2D eigenvalue weighted by molar-refractivity contribution is -0.0181. The van der Waals surface area contributed by atoms with Crippen molar-refractivity contribution in [1.29, 1.82) is 0 Å². The largest absolute Gasteiger partial charge is 0.491 e. The molecule has 0 amide bonds. The van der Waals surface area contributed by atoms with E-state index in [0.717, 1.165) is 12.2 Å². The van der Waals surface area contributed by atoms with Crippen LogP contribution in [0, 0.1) is 0 Å². The highest BCUT2D eigenvalue weighted by molar-refractivity contribution is 5.27. The maximum Gasteiger partial charge on any atom is 0.119 e. The molecule has 0 aliphatic carbocycles. The molecule has 0 radical (unpaired) electrons. The molecule has 0 aromatic heterocycles. The van der Waals surface area contributed by atoms with Gasteiger partial charge >= 0.3 is 0 Å². The van der Waals surface area contributed by atoms with Gasteiger partial charge in [0.25, 0.3) is 0 Å². The van der Waals surface area contributed by atoms with Crippen molar-refractivity contribution >= 4 is 0 Å². The summed E-state index contributed by atoms with van der Waals surface area (Å²) < 4.78 is 49.7. The minimum absolute atomic E-state index is 0.123. The molecule has 1 rings (SSSR count). The normalized spacial score (nSPS) is 11.3. The van der Waals surface area contributed by atoms with Crippen LogP contribution in [0.25, 0.3) is 0 Å². The molecule has 0 N–H and O–H groups in total. The minimum atomic E-state index is -0.466. The molecule has 1 aromatic carbocycles. The van der Waals surface area contributed by atoms with E-state index in [4.69, 9.17) is 33.2 Å². The molecule has 0 aliphatic heterocycles.